The van der Waals surface area contributed by atoms with E-state index in [2.05, 4.69) is 12.2 Å². The van der Waals surface area contributed by atoms with Gasteiger partial charge in [0.2, 0.25) is 11.8 Å². The number of hydrogen-bond acceptors (Lipinski definition) is 4. The molecule has 1 saturated heterocycles. The van der Waals surface area contributed by atoms with Crippen molar-refractivity contribution in [3.8, 4) is 5.75 Å². The second kappa shape index (κ2) is 9.04. The molecule has 2 heterocycles. The fraction of sp³-hybridized carbons (Fsp3) is 0.429. The van der Waals surface area contributed by atoms with Crippen LogP contribution in [0.15, 0.2) is 35.7 Å². The lowest BCUT2D eigenvalue weighted by molar-refractivity contribution is -0.136. The fourth-order valence-electron chi connectivity index (χ4n) is 3.30. The zero-order valence-corrected chi connectivity index (χ0v) is 16.7. The van der Waals surface area contributed by atoms with Gasteiger partial charge in [-0.1, -0.05) is 13.0 Å². The SMILES string of the molecule is CCCOc1ccc(NC(=O)C2CCCN2C(=O)Cc2cccs2)c(C)c1. The zero-order valence-electron chi connectivity index (χ0n) is 15.9. The maximum absolute atomic E-state index is 12.8. The summed E-state index contributed by atoms with van der Waals surface area (Å²) in [6, 6.07) is 9.17. The molecule has 1 atom stereocenters. The minimum atomic E-state index is -0.395. The minimum Gasteiger partial charge on any atom is -0.494 e. The molecule has 1 aromatic heterocycles. The van der Waals surface area contributed by atoms with Gasteiger partial charge in [0.1, 0.15) is 11.8 Å². The Balaban J connectivity index is 1.63. The molecule has 144 valence electrons. The Morgan fingerprint density at radius 2 is 2.19 bits per heavy atom. The van der Waals surface area contributed by atoms with Crippen molar-refractivity contribution >= 4 is 28.8 Å². The van der Waals surface area contributed by atoms with Crippen LogP contribution in [-0.2, 0) is 16.0 Å². The largest absolute Gasteiger partial charge is 0.494 e. The van der Waals surface area contributed by atoms with Gasteiger partial charge in [0.25, 0.3) is 0 Å². The summed E-state index contributed by atoms with van der Waals surface area (Å²) in [4.78, 5) is 28.2. The van der Waals surface area contributed by atoms with Crippen LogP contribution < -0.4 is 10.1 Å². The highest BCUT2D eigenvalue weighted by Crippen LogP contribution is 2.25. The molecular weight excluding hydrogens is 360 g/mol. The van der Waals surface area contributed by atoms with Crippen LogP contribution in [0.2, 0.25) is 0 Å². The van der Waals surface area contributed by atoms with Crippen LogP contribution in [0.25, 0.3) is 0 Å². The summed E-state index contributed by atoms with van der Waals surface area (Å²) in [7, 11) is 0. The van der Waals surface area contributed by atoms with Gasteiger partial charge in [-0.3, -0.25) is 9.59 Å². The molecule has 2 aromatic rings. The number of likely N-dealkylation sites (tertiary alicyclic amines) is 1. The molecule has 0 spiro atoms. The third-order valence-corrected chi connectivity index (χ3v) is 5.59. The van der Waals surface area contributed by atoms with Crippen molar-refractivity contribution in [2.75, 3.05) is 18.5 Å². The van der Waals surface area contributed by atoms with Crippen molar-refractivity contribution in [1.82, 2.24) is 4.90 Å². The van der Waals surface area contributed by atoms with Crippen LogP contribution in [0.3, 0.4) is 0 Å². The number of thiophene rings is 1. The van der Waals surface area contributed by atoms with Gasteiger partial charge < -0.3 is 15.0 Å². The Morgan fingerprint density at radius 1 is 1.33 bits per heavy atom. The summed E-state index contributed by atoms with van der Waals surface area (Å²) in [5, 5.41) is 4.96. The predicted octanol–water partition coefficient (Wildman–Crippen LogP) is 4.02. The number of rotatable bonds is 7. The van der Waals surface area contributed by atoms with E-state index in [4.69, 9.17) is 4.74 Å². The van der Waals surface area contributed by atoms with Crippen LogP contribution in [-0.4, -0.2) is 35.9 Å². The summed E-state index contributed by atoms with van der Waals surface area (Å²) in [5.41, 5.74) is 1.72. The summed E-state index contributed by atoms with van der Waals surface area (Å²) in [6.45, 7) is 5.33. The first-order chi connectivity index (χ1) is 13.1. The number of nitrogens with zero attached hydrogens (tertiary/aromatic N) is 1. The first-order valence-corrected chi connectivity index (χ1v) is 10.3. The molecule has 6 heteroatoms. The van der Waals surface area contributed by atoms with Gasteiger partial charge in [-0.2, -0.15) is 0 Å². The van der Waals surface area contributed by atoms with Crippen molar-refractivity contribution in [2.24, 2.45) is 0 Å². The monoisotopic (exact) mass is 386 g/mol. The molecule has 1 fully saturated rings. The van der Waals surface area contributed by atoms with E-state index in [-0.39, 0.29) is 11.8 Å². The van der Waals surface area contributed by atoms with Gasteiger partial charge in [0.05, 0.1) is 13.0 Å². The van der Waals surface area contributed by atoms with Crippen molar-refractivity contribution in [3.63, 3.8) is 0 Å². The maximum atomic E-state index is 12.8. The topological polar surface area (TPSA) is 58.6 Å². The number of aryl methyl sites for hydroxylation is 1. The Bertz CT molecular complexity index is 789. The Kier molecular flexibility index (Phi) is 6.50. The van der Waals surface area contributed by atoms with E-state index in [1.165, 1.54) is 0 Å². The molecular formula is C21H26N2O3S. The lowest BCUT2D eigenvalue weighted by Gasteiger charge is -2.24. The van der Waals surface area contributed by atoms with Gasteiger partial charge in [-0.25, -0.2) is 0 Å². The summed E-state index contributed by atoms with van der Waals surface area (Å²) in [5.74, 6) is 0.716. The number of carbonyl (C=O) groups excluding carboxylic acids is 2. The zero-order chi connectivity index (χ0) is 19.2. The van der Waals surface area contributed by atoms with E-state index in [1.54, 1.807) is 16.2 Å². The van der Waals surface area contributed by atoms with Gasteiger partial charge in [-0.15, -0.1) is 11.3 Å². The molecule has 2 amide bonds. The second-order valence-corrected chi connectivity index (χ2v) is 7.85. The molecule has 1 aliphatic heterocycles. The van der Waals surface area contributed by atoms with E-state index in [1.807, 2.05) is 42.6 Å². The number of anilines is 1. The molecule has 3 rings (SSSR count). The Labute approximate surface area is 164 Å². The van der Waals surface area contributed by atoms with E-state index in [9.17, 15) is 9.59 Å². The minimum absolute atomic E-state index is 0.0233. The summed E-state index contributed by atoms with van der Waals surface area (Å²) in [6.07, 6.45) is 2.88. The molecule has 1 aliphatic rings. The Morgan fingerprint density at radius 3 is 2.89 bits per heavy atom. The summed E-state index contributed by atoms with van der Waals surface area (Å²) >= 11 is 1.57. The number of carbonyl (C=O) groups is 2. The van der Waals surface area contributed by atoms with Gasteiger partial charge in [0.15, 0.2) is 0 Å². The third-order valence-electron chi connectivity index (χ3n) is 4.71. The van der Waals surface area contributed by atoms with E-state index < -0.39 is 6.04 Å². The molecule has 0 aliphatic carbocycles. The smallest absolute Gasteiger partial charge is 0.247 e. The standard InChI is InChI=1S/C21H26N2O3S/c1-3-11-26-16-8-9-18(15(2)13-16)22-21(25)19-7-4-10-23(19)20(24)14-17-6-5-12-27-17/h5-6,8-9,12-13,19H,3-4,7,10-11,14H2,1-2H3,(H,22,25). The summed E-state index contributed by atoms with van der Waals surface area (Å²) < 4.78 is 5.63. The van der Waals surface area contributed by atoms with Crippen molar-refractivity contribution in [3.05, 3.63) is 46.2 Å². The number of benzene rings is 1. The maximum Gasteiger partial charge on any atom is 0.247 e. The van der Waals surface area contributed by atoms with Crippen molar-refractivity contribution < 1.29 is 14.3 Å². The number of nitrogens with one attached hydrogen (secondary N) is 1. The molecule has 0 saturated carbocycles. The highest BCUT2D eigenvalue weighted by molar-refractivity contribution is 7.10. The van der Waals surface area contributed by atoms with Crippen LogP contribution in [0, 0.1) is 6.92 Å². The van der Waals surface area contributed by atoms with Crippen LogP contribution >= 0.6 is 11.3 Å². The van der Waals surface area contributed by atoms with Crippen LogP contribution in [0.5, 0.6) is 5.75 Å². The quantitative estimate of drug-likeness (QED) is 0.782. The van der Waals surface area contributed by atoms with Crippen LogP contribution in [0.4, 0.5) is 5.69 Å². The fourth-order valence-corrected chi connectivity index (χ4v) is 4.00. The second-order valence-electron chi connectivity index (χ2n) is 6.82. The Hall–Kier alpha value is -2.34. The molecule has 0 bridgehead atoms. The molecule has 1 N–H and O–H groups in total. The van der Waals surface area contributed by atoms with E-state index >= 15 is 0 Å². The average Bonchev–Trinajstić information content (AvgIpc) is 3.33. The van der Waals surface area contributed by atoms with Crippen LogP contribution in [0.1, 0.15) is 36.6 Å². The lowest BCUT2D eigenvalue weighted by atomic mass is 10.1. The first-order valence-electron chi connectivity index (χ1n) is 9.44. The highest BCUT2D eigenvalue weighted by atomic mass is 32.1. The number of ether oxygens (including phenoxy) is 1. The first kappa shape index (κ1) is 19.4. The van der Waals surface area contributed by atoms with Gasteiger partial charge >= 0.3 is 0 Å². The van der Waals surface area contributed by atoms with Gasteiger partial charge in [0, 0.05) is 17.1 Å². The molecule has 0 radical (unpaired) electrons. The molecule has 1 unspecified atom stereocenters. The normalized spacial score (nSPS) is 16.4. The van der Waals surface area contributed by atoms with Gasteiger partial charge in [-0.05, 0) is 61.4 Å². The number of hydrogen-bond donors (Lipinski definition) is 1. The predicted molar refractivity (Wildman–Crippen MR) is 108 cm³/mol. The lowest BCUT2D eigenvalue weighted by Crippen LogP contribution is -2.43. The third kappa shape index (κ3) is 4.89. The van der Waals surface area contributed by atoms with Crippen molar-refractivity contribution in [2.45, 2.75) is 45.6 Å². The molecule has 27 heavy (non-hydrogen) atoms. The van der Waals surface area contributed by atoms with Crippen molar-refractivity contribution in [1.29, 1.82) is 0 Å². The molecule has 1 aromatic carbocycles. The number of amides is 2. The molecule has 5 nitrogen and oxygen atoms in total. The average molecular weight is 387 g/mol. The van der Waals surface area contributed by atoms with E-state index in [0.29, 0.717) is 26.0 Å². The highest BCUT2D eigenvalue weighted by Gasteiger charge is 2.34. The van der Waals surface area contributed by atoms with E-state index in [0.717, 1.165) is 34.7 Å².